The molecule has 1 saturated carbocycles. The van der Waals surface area contributed by atoms with Gasteiger partial charge in [0.1, 0.15) is 5.75 Å². The third-order valence-corrected chi connectivity index (χ3v) is 4.42. The van der Waals surface area contributed by atoms with Crippen LogP contribution < -0.4 is 4.74 Å². The molecule has 0 bridgehead atoms. The van der Waals surface area contributed by atoms with E-state index in [-0.39, 0.29) is 5.41 Å². The molecule has 0 heterocycles. The highest BCUT2D eigenvalue weighted by atomic mass is 35.5. The second kappa shape index (κ2) is 4.96. The molecule has 4 heteroatoms. The monoisotopic (exact) mass is 296 g/mol. The Morgan fingerprint density at radius 2 is 1.95 bits per heavy atom. The number of hydrogen-bond acceptors (Lipinski definition) is 2. The summed E-state index contributed by atoms with van der Waals surface area (Å²) in [6, 6.07) is 3.63. The number of carboxylic acid groups (broad SMARTS) is 1. The van der Waals surface area contributed by atoms with E-state index in [2.05, 4.69) is 20.8 Å². The molecule has 0 aromatic heterocycles. The first-order chi connectivity index (χ1) is 9.22. The number of hydrogen-bond donors (Lipinski definition) is 1. The zero-order chi connectivity index (χ0) is 15.1. The van der Waals surface area contributed by atoms with E-state index in [0.29, 0.717) is 23.6 Å². The van der Waals surface area contributed by atoms with E-state index in [1.54, 1.807) is 13.2 Å². The minimum Gasteiger partial charge on any atom is -0.496 e. The SMILES string of the molecule is COc1c(C(C)(C)C)cc(Cl)cc1C1(C(=O)O)CCC1. The average Bonchev–Trinajstić information content (AvgIpc) is 2.25. The third kappa shape index (κ3) is 2.28. The molecule has 0 aliphatic heterocycles. The van der Waals surface area contributed by atoms with E-state index >= 15 is 0 Å². The lowest BCUT2D eigenvalue weighted by molar-refractivity contribution is -0.147. The number of halogens is 1. The molecule has 1 N–H and O–H groups in total. The standard InChI is InChI=1S/C16H21ClO3/c1-15(2,3)11-8-10(17)9-12(13(11)20-4)16(14(18)19)6-5-7-16/h8-9H,5-7H2,1-4H3,(H,18,19). The Morgan fingerprint density at radius 1 is 1.35 bits per heavy atom. The smallest absolute Gasteiger partial charge is 0.314 e. The van der Waals surface area contributed by atoms with E-state index in [1.165, 1.54) is 0 Å². The van der Waals surface area contributed by atoms with Crippen molar-refractivity contribution in [3.8, 4) is 5.75 Å². The van der Waals surface area contributed by atoms with E-state index in [0.717, 1.165) is 17.5 Å². The van der Waals surface area contributed by atoms with Gasteiger partial charge in [-0.15, -0.1) is 0 Å². The number of ether oxygens (including phenoxy) is 1. The molecule has 0 saturated heterocycles. The Balaban J connectivity index is 2.70. The molecule has 110 valence electrons. The van der Waals surface area contributed by atoms with Crippen LogP contribution in [0.25, 0.3) is 0 Å². The van der Waals surface area contributed by atoms with Gasteiger partial charge in [-0.3, -0.25) is 4.79 Å². The second-order valence-corrected chi connectivity index (χ2v) is 6.96. The molecule has 20 heavy (non-hydrogen) atoms. The topological polar surface area (TPSA) is 46.5 Å². The van der Waals surface area contributed by atoms with Crippen molar-refractivity contribution >= 4 is 17.6 Å². The maximum Gasteiger partial charge on any atom is 0.314 e. The van der Waals surface area contributed by atoms with Crippen molar-refractivity contribution in [1.29, 1.82) is 0 Å². The molecular weight excluding hydrogens is 276 g/mol. The predicted octanol–water partition coefficient (Wildman–Crippen LogP) is 4.15. The first kappa shape index (κ1) is 15.2. The molecule has 1 fully saturated rings. The highest BCUT2D eigenvalue weighted by molar-refractivity contribution is 6.30. The number of benzene rings is 1. The lowest BCUT2D eigenvalue weighted by Gasteiger charge is -2.40. The fraction of sp³-hybridized carbons (Fsp3) is 0.562. The molecule has 0 spiro atoms. The molecule has 0 atom stereocenters. The Morgan fingerprint density at radius 3 is 2.30 bits per heavy atom. The number of rotatable bonds is 3. The fourth-order valence-corrected chi connectivity index (χ4v) is 3.07. The highest BCUT2D eigenvalue weighted by Crippen LogP contribution is 2.50. The van der Waals surface area contributed by atoms with Gasteiger partial charge in [-0.25, -0.2) is 0 Å². The van der Waals surface area contributed by atoms with Crippen molar-refractivity contribution in [2.75, 3.05) is 7.11 Å². The molecule has 1 aromatic carbocycles. The van der Waals surface area contributed by atoms with Gasteiger partial charge in [0, 0.05) is 16.1 Å². The van der Waals surface area contributed by atoms with Crippen LogP contribution in [0.15, 0.2) is 12.1 Å². The predicted molar refractivity (Wildman–Crippen MR) is 79.9 cm³/mol. The van der Waals surface area contributed by atoms with Crippen LogP contribution in [0.2, 0.25) is 5.02 Å². The largest absolute Gasteiger partial charge is 0.496 e. The summed E-state index contributed by atoms with van der Waals surface area (Å²) in [6.07, 6.45) is 2.21. The van der Waals surface area contributed by atoms with Gasteiger partial charge in [-0.05, 0) is 30.4 Å². The normalized spacial score (nSPS) is 17.4. The zero-order valence-electron chi connectivity index (χ0n) is 12.4. The van der Waals surface area contributed by atoms with Crippen LogP contribution in [0, 0.1) is 0 Å². The van der Waals surface area contributed by atoms with Gasteiger partial charge in [0.2, 0.25) is 0 Å². The quantitative estimate of drug-likeness (QED) is 0.911. The van der Waals surface area contributed by atoms with Crippen LogP contribution in [0.5, 0.6) is 5.75 Å². The van der Waals surface area contributed by atoms with Crippen LogP contribution >= 0.6 is 11.6 Å². The molecule has 0 amide bonds. The van der Waals surface area contributed by atoms with Crippen molar-refractivity contribution < 1.29 is 14.6 Å². The van der Waals surface area contributed by atoms with Crippen molar-refractivity contribution in [2.45, 2.75) is 50.9 Å². The van der Waals surface area contributed by atoms with Crippen LogP contribution in [-0.2, 0) is 15.6 Å². The number of methoxy groups -OCH3 is 1. The summed E-state index contributed by atoms with van der Waals surface area (Å²) in [5, 5.41) is 10.2. The summed E-state index contributed by atoms with van der Waals surface area (Å²) < 4.78 is 5.57. The first-order valence-electron chi connectivity index (χ1n) is 6.84. The minimum atomic E-state index is -0.837. The van der Waals surface area contributed by atoms with Crippen LogP contribution in [0.1, 0.15) is 51.2 Å². The molecular formula is C16H21ClO3. The second-order valence-electron chi connectivity index (χ2n) is 6.52. The summed E-state index contributed by atoms with van der Waals surface area (Å²) in [7, 11) is 1.59. The van der Waals surface area contributed by atoms with Gasteiger partial charge in [0.15, 0.2) is 0 Å². The molecule has 0 radical (unpaired) electrons. The van der Waals surface area contributed by atoms with Crippen molar-refractivity contribution in [3.63, 3.8) is 0 Å². The van der Waals surface area contributed by atoms with Crippen molar-refractivity contribution in [2.24, 2.45) is 0 Å². The van der Waals surface area contributed by atoms with E-state index in [4.69, 9.17) is 16.3 Å². The minimum absolute atomic E-state index is 0.158. The number of carboxylic acids is 1. The van der Waals surface area contributed by atoms with Gasteiger partial charge >= 0.3 is 5.97 Å². The van der Waals surface area contributed by atoms with Crippen molar-refractivity contribution in [1.82, 2.24) is 0 Å². The van der Waals surface area contributed by atoms with Crippen LogP contribution in [0.4, 0.5) is 0 Å². The lowest BCUT2D eigenvalue weighted by atomic mass is 9.63. The summed E-state index contributed by atoms with van der Waals surface area (Å²) in [6.45, 7) is 6.21. The van der Waals surface area contributed by atoms with Gasteiger partial charge in [-0.2, -0.15) is 0 Å². The molecule has 1 aromatic rings. The Labute approximate surface area is 124 Å². The van der Waals surface area contributed by atoms with Crippen LogP contribution in [-0.4, -0.2) is 18.2 Å². The molecule has 1 aliphatic rings. The highest BCUT2D eigenvalue weighted by Gasteiger charge is 2.48. The third-order valence-electron chi connectivity index (χ3n) is 4.20. The Kier molecular flexibility index (Phi) is 3.76. The summed E-state index contributed by atoms with van der Waals surface area (Å²) >= 11 is 6.23. The maximum absolute atomic E-state index is 11.7. The first-order valence-corrected chi connectivity index (χ1v) is 7.22. The summed E-state index contributed by atoms with van der Waals surface area (Å²) in [5.74, 6) is -0.117. The van der Waals surface area contributed by atoms with Crippen molar-refractivity contribution in [3.05, 3.63) is 28.3 Å². The van der Waals surface area contributed by atoms with E-state index < -0.39 is 11.4 Å². The van der Waals surface area contributed by atoms with Gasteiger partial charge in [0.05, 0.1) is 12.5 Å². The Bertz CT molecular complexity index is 539. The molecule has 2 rings (SSSR count). The summed E-state index contributed by atoms with van der Waals surface area (Å²) in [4.78, 5) is 11.7. The Hall–Kier alpha value is -1.22. The molecule has 1 aliphatic carbocycles. The van der Waals surface area contributed by atoms with Gasteiger partial charge < -0.3 is 9.84 Å². The summed E-state index contributed by atoms with van der Waals surface area (Å²) in [5.41, 5.74) is 0.677. The van der Waals surface area contributed by atoms with E-state index in [1.807, 2.05) is 6.07 Å². The molecule has 0 unspecified atom stereocenters. The van der Waals surface area contributed by atoms with Gasteiger partial charge in [0.25, 0.3) is 0 Å². The lowest BCUT2D eigenvalue weighted by Crippen LogP contribution is -2.43. The van der Waals surface area contributed by atoms with Crippen LogP contribution in [0.3, 0.4) is 0 Å². The fourth-order valence-electron chi connectivity index (χ4n) is 2.85. The number of carbonyl (C=O) groups is 1. The van der Waals surface area contributed by atoms with Gasteiger partial charge in [-0.1, -0.05) is 38.8 Å². The van der Waals surface area contributed by atoms with E-state index in [9.17, 15) is 9.90 Å². The average molecular weight is 297 g/mol. The zero-order valence-corrected chi connectivity index (χ0v) is 13.2. The maximum atomic E-state index is 11.7. The molecule has 3 nitrogen and oxygen atoms in total. The number of aliphatic carboxylic acids is 1.